The highest BCUT2D eigenvalue weighted by Crippen LogP contribution is 2.26. The van der Waals surface area contributed by atoms with Crippen molar-refractivity contribution < 1.29 is 4.79 Å². The van der Waals surface area contributed by atoms with Crippen LogP contribution < -0.4 is 0 Å². The van der Waals surface area contributed by atoms with Gasteiger partial charge in [0.1, 0.15) is 0 Å². The van der Waals surface area contributed by atoms with Gasteiger partial charge in [0, 0.05) is 16.0 Å². The maximum absolute atomic E-state index is 12.5. The third-order valence-corrected chi connectivity index (χ3v) is 3.84. The first-order valence-electron chi connectivity index (χ1n) is 5.57. The normalized spacial score (nSPS) is 10.4. The van der Waals surface area contributed by atoms with Crippen LogP contribution >= 0.6 is 23.4 Å². The Labute approximate surface area is 116 Å². The third kappa shape index (κ3) is 2.60. The molecule has 0 spiro atoms. The highest BCUT2D eigenvalue weighted by atomic mass is 35.5. The van der Waals surface area contributed by atoms with Crippen molar-refractivity contribution in [2.75, 3.05) is 6.26 Å². The van der Waals surface area contributed by atoms with Crippen LogP contribution in [0.3, 0.4) is 0 Å². The molecule has 2 aromatic rings. The van der Waals surface area contributed by atoms with E-state index in [1.54, 1.807) is 23.9 Å². The minimum absolute atomic E-state index is 0.0198. The van der Waals surface area contributed by atoms with Gasteiger partial charge in [-0.05, 0) is 37.4 Å². The molecule has 18 heavy (non-hydrogen) atoms. The number of hydrogen-bond donors (Lipinski definition) is 0. The minimum Gasteiger partial charge on any atom is -0.289 e. The zero-order chi connectivity index (χ0) is 13.1. The summed E-state index contributed by atoms with van der Waals surface area (Å²) in [6, 6.07) is 13.1. The maximum atomic E-state index is 12.5. The molecule has 0 unspecified atom stereocenters. The van der Waals surface area contributed by atoms with Gasteiger partial charge in [-0.3, -0.25) is 4.79 Å². The average Bonchev–Trinajstić information content (AvgIpc) is 2.38. The summed E-state index contributed by atoms with van der Waals surface area (Å²) < 4.78 is 0. The second kappa shape index (κ2) is 5.59. The number of benzene rings is 2. The Bertz CT molecular complexity index is 593. The lowest BCUT2D eigenvalue weighted by molar-refractivity contribution is 0.103. The van der Waals surface area contributed by atoms with Crippen LogP contribution in [0, 0.1) is 6.92 Å². The smallest absolute Gasteiger partial charge is 0.195 e. The predicted octanol–water partition coefficient (Wildman–Crippen LogP) is 4.60. The number of halogens is 1. The van der Waals surface area contributed by atoms with Gasteiger partial charge in [0.25, 0.3) is 0 Å². The molecule has 0 bridgehead atoms. The molecule has 3 heteroatoms. The molecule has 2 aromatic carbocycles. The van der Waals surface area contributed by atoms with E-state index in [0.29, 0.717) is 10.6 Å². The Morgan fingerprint density at radius 1 is 1.11 bits per heavy atom. The van der Waals surface area contributed by atoms with Crippen molar-refractivity contribution in [3.05, 3.63) is 64.2 Å². The van der Waals surface area contributed by atoms with Crippen LogP contribution in [0.4, 0.5) is 0 Å². The monoisotopic (exact) mass is 276 g/mol. The number of carbonyl (C=O) groups is 1. The summed E-state index contributed by atoms with van der Waals surface area (Å²) >= 11 is 7.65. The van der Waals surface area contributed by atoms with E-state index in [4.69, 9.17) is 11.6 Å². The summed E-state index contributed by atoms with van der Waals surface area (Å²) in [4.78, 5) is 13.5. The molecule has 0 aliphatic heterocycles. The zero-order valence-corrected chi connectivity index (χ0v) is 11.8. The number of thioether (sulfide) groups is 1. The Morgan fingerprint density at radius 2 is 1.83 bits per heavy atom. The number of carbonyl (C=O) groups excluding carboxylic acids is 1. The number of rotatable bonds is 3. The van der Waals surface area contributed by atoms with Crippen LogP contribution in [0.1, 0.15) is 21.5 Å². The summed E-state index contributed by atoms with van der Waals surface area (Å²) in [7, 11) is 0. The van der Waals surface area contributed by atoms with E-state index in [1.807, 2.05) is 43.5 Å². The van der Waals surface area contributed by atoms with Crippen molar-refractivity contribution in [2.45, 2.75) is 11.8 Å². The highest BCUT2D eigenvalue weighted by molar-refractivity contribution is 7.98. The van der Waals surface area contributed by atoms with Gasteiger partial charge in [-0.2, -0.15) is 0 Å². The molecule has 0 amide bonds. The molecule has 0 atom stereocenters. The van der Waals surface area contributed by atoms with Crippen LogP contribution in [0.2, 0.25) is 5.02 Å². The van der Waals surface area contributed by atoms with Gasteiger partial charge < -0.3 is 0 Å². The maximum Gasteiger partial charge on any atom is 0.195 e. The fourth-order valence-electron chi connectivity index (χ4n) is 1.79. The second-order valence-corrected chi connectivity index (χ2v) is 5.27. The van der Waals surface area contributed by atoms with Gasteiger partial charge in [0.15, 0.2) is 5.78 Å². The van der Waals surface area contributed by atoms with Gasteiger partial charge in [-0.25, -0.2) is 0 Å². The van der Waals surface area contributed by atoms with Gasteiger partial charge in [-0.1, -0.05) is 35.4 Å². The Kier molecular flexibility index (Phi) is 4.10. The largest absolute Gasteiger partial charge is 0.289 e. The number of ketones is 1. The summed E-state index contributed by atoms with van der Waals surface area (Å²) in [5.41, 5.74) is 2.35. The first-order chi connectivity index (χ1) is 8.63. The lowest BCUT2D eigenvalue weighted by Crippen LogP contribution is -2.04. The van der Waals surface area contributed by atoms with Crippen molar-refractivity contribution in [1.82, 2.24) is 0 Å². The molecule has 0 heterocycles. The Morgan fingerprint density at radius 3 is 2.50 bits per heavy atom. The molecule has 0 saturated carbocycles. The molecule has 0 aromatic heterocycles. The topological polar surface area (TPSA) is 17.1 Å². The van der Waals surface area contributed by atoms with Gasteiger partial charge in [0.2, 0.25) is 0 Å². The third-order valence-electron chi connectivity index (χ3n) is 2.72. The summed E-state index contributed by atoms with van der Waals surface area (Å²) in [5.74, 6) is -0.0198. The van der Waals surface area contributed by atoms with Crippen LogP contribution in [0.5, 0.6) is 0 Å². The Hall–Kier alpha value is -1.25. The molecular formula is C15H13ClOS. The molecule has 0 aliphatic carbocycles. The average molecular weight is 277 g/mol. The molecule has 0 N–H and O–H groups in total. The molecule has 0 fully saturated rings. The van der Waals surface area contributed by atoms with Crippen molar-refractivity contribution >= 4 is 29.1 Å². The van der Waals surface area contributed by atoms with E-state index in [-0.39, 0.29) is 5.78 Å². The molecule has 2 rings (SSSR count). The fourth-order valence-corrected chi connectivity index (χ4v) is 2.59. The lowest BCUT2D eigenvalue weighted by atomic mass is 10.0. The first kappa shape index (κ1) is 13.2. The molecule has 1 nitrogen and oxygen atoms in total. The van der Waals surface area contributed by atoms with E-state index in [1.165, 1.54) is 0 Å². The Balaban J connectivity index is 2.52. The van der Waals surface area contributed by atoms with Crippen LogP contribution in [0.25, 0.3) is 0 Å². The molecule has 92 valence electrons. The number of aryl methyl sites for hydroxylation is 1. The van der Waals surface area contributed by atoms with E-state index >= 15 is 0 Å². The van der Waals surface area contributed by atoms with E-state index in [2.05, 4.69) is 0 Å². The SMILES string of the molecule is CSc1ccc(C)cc1C(=O)c1ccccc1Cl. The van der Waals surface area contributed by atoms with Crippen molar-refractivity contribution in [3.8, 4) is 0 Å². The van der Waals surface area contributed by atoms with E-state index in [0.717, 1.165) is 16.0 Å². The van der Waals surface area contributed by atoms with Gasteiger partial charge >= 0.3 is 0 Å². The van der Waals surface area contributed by atoms with Crippen LogP contribution in [-0.4, -0.2) is 12.0 Å². The predicted molar refractivity (Wildman–Crippen MR) is 77.8 cm³/mol. The quantitative estimate of drug-likeness (QED) is 0.602. The fraction of sp³-hybridized carbons (Fsp3) is 0.133. The molecular weight excluding hydrogens is 264 g/mol. The molecule has 0 saturated heterocycles. The first-order valence-corrected chi connectivity index (χ1v) is 7.17. The van der Waals surface area contributed by atoms with Crippen molar-refractivity contribution in [2.24, 2.45) is 0 Å². The van der Waals surface area contributed by atoms with Crippen LogP contribution in [-0.2, 0) is 0 Å². The van der Waals surface area contributed by atoms with Crippen LogP contribution in [0.15, 0.2) is 47.4 Å². The summed E-state index contributed by atoms with van der Waals surface area (Å²) in [6.45, 7) is 1.98. The summed E-state index contributed by atoms with van der Waals surface area (Å²) in [6.07, 6.45) is 1.97. The number of hydrogen-bond acceptors (Lipinski definition) is 2. The summed E-state index contributed by atoms with van der Waals surface area (Å²) in [5, 5.41) is 0.496. The molecule has 0 radical (unpaired) electrons. The van der Waals surface area contributed by atoms with Gasteiger partial charge in [-0.15, -0.1) is 11.8 Å². The van der Waals surface area contributed by atoms with Crippen molar-refractivity contribution in [1.29, 1.82) is 0 Å². The second-order valence-electron chi connectivity index (χ2n) is 4.01. The van der Waals surface area contributed by atoms with Crippen molar-refractivity contribution in [3.63, 3.8) is 0 Å². The van der Waals surface area contributed by atoms with E-state index < -0.39 is 0 Å². The standard InChI is InChI=1S/C15H13ClOS/c1-10-7-8-14(18-2)12(9-10)15(17)11-5-3-4-6-13(11)16/h3-9H,1-2H3. The van der Waals surface area contributed by atoms with Gasteiger partial charge in [0.05, 0.1) is 5.02 Å². The minimum atomic E-state index is -0.0198. The highest BCUT2D eigenvalue weighted by Gasteiger charge is 2.15. The van der Waals surface area contributed by atoms with E-state index in [9.17, 15) is 4.79 Å². The molecule has 0 aliphatic rings. The lowest BCUT2D eigenvalue weighted by Gasteiger charge is -2.08. The zero-order valence-electron chi connectivity index (χ0n) is 10.2.